The fraction of sp³-hybridized carbons (Fsp3) is 0.312. The molecule has 2 heterocycles. The molecule has 0 aliphatic rings. The van der Waals surface area contributed by atoms with Gasteiger partial charge in [0.15, 0.2) is 22.2 Å². The SMILES string of the molecule is COc1ccccc1OCc1nn2c(C#N)c(C(C)C)nc2s1. The minimum atomic E-state index is 0.187. The zero-order valence-corrected chi connectivity index (χ0v) is 13.9. The predicted octanol–water partition coefficient (Wildman–Crippen LogP) is 3.37. The number of hydrogen-bond donors (Lipinski definition) is 0. The van der Waals surface area contributed by atoms with Gasteiger partial charge in [0.1, 0.15) is 12.7 Å². The topological polar surface area (TPSA) is 72.4 Å². The number of nitrogens with zero attached hydrogens (tertiary/aromatic N) is 4. The van der Waals surface area contributed by atoms with Gasteiger partial charge >= 0.3 is 0 Å². The second kappa shape index (κ2) is 6.26. The molecule has 0 radical (unpaired) electrons. The highest BCUT2D eigenvalue weighted by molar-refractivity contribution is 7.16. The number of hydrogen-bond acceptors (Lipinski definition) is 6. The molecule has 3 rings (SSSR count). The molecule has 0 bridgehead atoms. The van der Waals surface area contributed by atoms with Gasteiger partial charge in [0.25, 0.3) is 0 Å². The van der Waals surface area contributed by atoms with E-state index >= 15 is 0 Å². The third kappa shape index (κ3) is 2.85. The molecule has 0 aliphatic heterocycles. The Morgan fingerprint density at radius 3 is 2.70 bits per heavy atom. The van der Waals surface area contributed by atoms with Gasteiger partial charge in [0.05, 0.1) is 12.8 Å². The highest BCUT2D eigenvalue weighted by atomic mass is 32.1. The fourth-order valence-electron chi connectivity index (χ4n) is 2.25. The van der Waals surface area contributed by atoms with Crippen molar-refractivity contribution in [3.05, 3.63) is 40.7 Å². The maximum Gasteiger partial charge on any atom is 0.213 e. The Morgan fingerprint density at radius 2 is 2.04 bits per heavy atom. The lowest BCUT2D eigenvalue weighted by atomic mass is 10.1. The van der Waals surface area contributed by atoms with E-state index in [1.807, 2.05) is 38.1 Å². The summed E-state index contributed by atoms with van der Waals surface area (Å²) in [5, 5.41) is 14.5. The van der Waals surface area contributed by atoms with Gasteiger partial charge in [-0.15, -0.1) is 0 Å². The van der Waals surface area contributed by atoms with Crippen LogP contribution in [-0.4, -0.2) is 21.7 Å². The van der Waals surface area contributed by atoms with E-state index in [1.165, 1.54) is 11.3 Å². The number of benzene rings is 1. The summed E-state index contributed by atoms with van der Waals surface area (Å²) in [4.78, 5) is 5.22. The summed E-state index contributed by atoms with van der Waals surface area (Å²) < 4.78 is 12.6. The van der Waals surface area contributed by atoms with E-state index in [0.29, 0.717) is 28.8 Å². The summed E-state index contributed by atoms with van der Waals surface area (Å²) in [6.07, 6.45) is 0. The molecular weight excluding hydrogens is 312 g/mol. The van der Waals surface area contributed by atoms with Crippen LogP contribution in [-0.2, 0) is 6.61 Å². The van der Waals surface area contributed by atoms with E-state index in [4.69, 9.17) is 9.47 Å². The molecule has 0 aliphatic carbocycles. The van der Waals surface area contributed by atoms with Crippen molar-refractivity contribution in [3.8, 4) is 17.6 Å². The monoisotopic (exact) mass is 328 g/mol. The Morgan fingerprint density at radius 1 is 1.30 bits per heavy atom. The molecule has 0 atom stereocenters. The Labute approximate surface area is 137 Å². The molecule has 0 amide bonds. The van der Waals surface area contributed by atoms with Crippen molar-refractivity contribution < 1.29 is 9.47 Å². The van der Waals surface area contributed by atoms with Crippen LogP contribution in [0.2, 0.25) is 0 Å². The van der Waals surface area contributed by atoms with E-state index in [-0.39, 0.29) is 5.92 Å². The maximum absolute atomic E-state index is 9.35. The standard InChI is InChI=1S/C16H16N4O2S/c1-10(2)15-11(8-17)20-16(18-15)23-14(19-20)9-22-13-7-5-4-6-12(13)21-3/h4-7,10H,9H2,1-3H3. The minimum Gasteiger partial charge on any atom is -0.493 e. The van der Waals surface area contributed by atoms with Gasteiger partial charge in [-0.3, -0.25) is 0 Å². The van der Waals surface area contributed by atoms with Crippen LogP contribution in [0.1, 0.15) is 36.2 Å². The molecule has 3 aromatic rings. The Kier molecular flexibility index (Phi) is 4.17. The second-order valence-electron chi connectivity index (χ2n) is 5.24. The number of nitriles is 1. The van der Waals surface area contributed by atoms with E-state index in [2.05, 4.69) is 16.2 Å². The molecule has 0 N–H and O–H groups in total. The zero-order chi connectivity index (χ0) is 16.4. The smallest absolute Gasteiger partial charge is 0.213 e. The average Bonchev–Trinajstić information content (AvgIpc) is 3.10. The number of ether oxygens (including phenoxy) is 2. The Balaban J connectivity index is 1.85. The van der Waals surface area contributed by atoms with Crippen molar-refractivity contribution in [2.75, 3.05) is 7.11 Å². The molecule has 1 aromatic carbocycles. The van der Waals surface area contributed by atoms with Gasteiger partial charge in [-0.25, -0.2) is 4.98 Å². The molecule has 118 valence electrons. The lowest BCUT2D eigenvalue weighted by Gasteiger charge is -2.08. The van der Waals surface area contributed by atoms with Crippen LogP contribution in [0.5, 0.6) is 11.5 Å². The van der Waals surface area contributed by atoms with Crippen LogP contribution in [0.3, 0.4) is 0 Å². The second-order valence-corrected chi connectivity index (χ2v) is 6.28. The largest absolute Gasteiger partial charge is 0.493 e. The Hall–Kier alpha value is -2.59. The van der Waals surface area contributed by atoms with Crippen molar-refractivity contribution in [2.45, 2.75) is 26.4 Å². The average molecular weight is 328 g/mol. The molecule has 0 saturated heterocycles. The lowest BCUT2D eigenvalue weighted by molar-refractivity contribution is 0.283. The van der Waals surface area contributed by atoms with E-state index in [0.717, 1.165) is 10.7 Å². The molecular formula is C16H16N4O2S. The Bertz CT molecular complexity index is 876. The van der Waals surface area contributed by atoms with Gasteiger partial charge < -0.3 is 9.47 Å². The van der Waals surface area contributed by atoms with E-state index in [1.54, 1.807) is 11.6 Å². The van der Waals surface area contributed by atoms with Gasteiger partial charge in [-0.1, -0.05) is 37.3 Å². The minimum absolute atomic E-state index is 0.187. The summed E-state index contributed by atoms with van der Waals surface area (Å²) in [7, 11) is 1.60. The van der Waals surface area contributed by atoms with Crippen LogP contribution >= 0.6 is 11.3 Å². The summed E-state index contributed by atoms with van der Waals surface area (Å²) in [6.45, 7) is 4.33. The quantitative estimate of drug-likeness (QED) is 0.718. The molecule has 23 heavy (non-hydrogen) atoms. The van der Waals surface area contributed by atoms with Crippen molar-refractivity contribution in [1.29, 1.82) is 5.26 Å². The molecule has 0 spiro atoms. The predicted molar refractivity (Wildman–Crippen MR) is 87.0 cm³/mol. The van der Waals surface area contributed by atoms with Gasteiger partial charge in [-0.05, 0) is 18.1 Å². The van der Waals surface area contributed by atoms with Gasteiger partial charge in [-0.2, -0.15) is 14.9 Å². The number of fused-ring (bicyclic) bond motifs is 1. The lowest BCUT2D eigenvalue weighted by Crippen LogP contribution is -2.00. The van der Waals surface area contributed by atoms with Crippen LogP contribution in [0.25, 0.3) is 4.96 Å². The number of para-hydroxylation sites is 2. The zero-order valence-electron chi connectivity index (χ0n) is 13.1. The highest BCUT2D eigenvalue weighted by Crippen LogP contribution is 2.28. The van der Waals surface area contributed by atoms with Crippen LogP contribution in [0.15, 0.2) is 24.3 Å². The number of rotatable bonds is 5. The molecule has 7 heteroatoms. The number of imidazole rings is 1. The molecule has 0 fully saturated rings. The first-order valence-electron chi connectivity index (χ1n) is 7.18. The summed E-state index contributed by atoms with van der Waals surface area (Å²) in [5.74, 6) is 1.52. The third-order valence-electron chi connectivity index (χ3n) is 3.35. The van der Waals surface area contributed by atoms with Crippen molar-refractivity contribution in [2.24, 2.45) is 0 Å². The third-order valence-corrected chi connectivity index (χ3v) is 4.23. The summed E-state index contributed by atoms with van der Waals surface area (Å²) >= 11 is 1.42. The van der Waals surface area contributed by atoms with Crippen LogP contribution in [0.4, 0.5) is 0 Å². The van der Waals surface area contributed by atoms with E-state index in [9.17, 15) is 5.26 Å². The summed E-state index contributed by atoms with van der Waals surface area (Å²) in [6, 6.07) is 9.64. The van der Waals surface area contributed by atoms with Crippen molar-refractivity contribution >= 4 is 16.3 Å². The molecule has 0 saturated carbocycles. The van der Waals surface area contributed by atoms with Crippen LogP contribution < -0.4 is 9.47 Å². The van der Waals surface area contributed by atoms with Crippen LogP contribution in [0, 0.1) is 11.3 Å². The van der Waals surface area contributed by atoms with Gasteiger partial charge in [0.2, 0.25) is 4.96 Å². The molecule has 6 nitrogen and oxygen atoms in total. The maximum atomic E-state index is 9.35. The number of methoxy groups -OCH3 is 1. The van der Waals surface area contributed by atoms with Crippen molar-refractivity contribution in [1.82, 2.24) is 14.6 Å². The summed E-state index contributed by atoms with van der Waals surface area (Å²) in [5.41, 5.74) is 1.28. The first kappa shape index (κ1) is 15.3. The van der Waals surface area contributed by atoms with Gasteiger partial charge in [0, 0.05) is 0 Å². The molecule has 0 unspecified atom stereocenters. The first-order valence-corrected chi connectivity index (χ1v) is 8.00. The fourth-order valence-corrected chi connectivity index (χ4v) is 3.06. The van der Waals surface area contributed by atoms with E-state index < -0.39 is 0 Å². The highest BCUT2D eigenvalue weighted by Gasteiger charge is 2.18. The molecule has 2 aromatic heterocycles. The first-order chi connectivity index (χ1) is 11.1. The normalized spacial score (nSPS) is 10.9. The van der Waals surface area contributed by atoms with Crippen molar-refractivity contribution in [3.63, 3.8) is 0 Å². The number of aromatic nitrogens is 3.